The molecule has 3 N–H and O–H groups in total. The summed E-state index contributed by atoms with van der Waals surface area (Å²) < 4.78 is 0. The number of rotatable bonds is 5. The van der Waals surface area contributed by atoms with E-state index in [4.69, 9.17) is 0 Å². The molecule has 1 fully saturated rings. The molecule has 3 amide bonds. The average Bonchev–Trinajstić information content (AvgIpc) is 2.81. The fraction of sp³-hybridized carbons (Fsp3) is 0.217. The summed E-state index contributed by atoms with van der Waals surface area (Å²) in [5.74, 6) is 0.524. The van der Waals surface area contributed by atoms with Crippen LogP contribution in [0.15, 0.2) is 73.1 Å². The lowest BCUT2D eigenvalue weighted by molar-refractivity contribution is 0.102. The Labute approximate surface area is 180 Å². The molecule has 2 heterocycles. The average molecular weight is 416 g/mol. The van der Waals surface area contributed by atoms with Gasteiger partial charge in [-0.05, 0) is 49.2 Å². The van der Waals surface area contributed by atoms with E-state index in [2.05, 4.69) is 30.8 Å². The van der Waals surface area contributed by atoms with Crippen LogP contribution in [0.3, 0.4) is 0 Å². The van der Waals surface area contributed by atoms with Crippen LogP contribution in [0.25, 0.3) is 0 Å². The second-order valence-electron chi connectivity index (χ2n) is 7.31. The van der Waals surface area contributed by atoms with Crippen LogP contribution in [0.5, 0.6) is 0 Å². The lowest BCUT2D eigenvalue weighted by Crippen LogP contribution is -2.46. The minimum atomic E-state index is -0.263. The van der Waals surface area contributed by atoms with Crippen LogP contribution in [-0.2, 0) is 0 Å². The van der Waals surface area contributed by atoms with Crippen molar-refractivity contribution in [1.82, 2.24) is 15.3 Å². The van der Waals surface area contributed by atoms with Crippen LogP contribution in [-0.4, -0.2) is 41.0 Å². The predicted molar refractivity (Wildman–Crippen MR) is 120 cm³/mol. The third-order valence-corrected chi connectivity index (χ3v) is 5.08. The first-order chi connectivity index (χ1) is 15.2. The number of aromatic nitrogens is 2. The standard InChI is InChI=1S/C23H24N6O2/c30-21(17-6-2-1-3-7-17)26-19-8-4-9-20(16-19)28-23(31)27-18-10-14-29(15-11-18)22-24-12-5-13-25-22/h1-9,12-13,16,18H,10-11,14-15H2,(H,26,30)(H2,27,28,31). The van der Waals surface area contributed by atoms with E-state index in [-0.39, 0.29) is 18.0 Å². The first-order valence-corrected chi connectivity index (χ1v) is 10.2. The molecule has 0 bridgehead atoms. The summed E-state index contributed by atoms with van der Waals surface area (Å²) >= 11 is 0. The van der Waals surface area contributed by atoms with Crippen LogP contribution >= 0.6 is 0 Å². The maximum atomic E-state index is 12.4. The van der Waals surface area contributed by atoms with Crippen molar-refractivity contribution in [2.45, 2.75) is 18.9 Å². The molecule has 1 aliphatic heterocycles. The van der Waals surface area contributed by atoms with Gasteiger partial charge in [-0.2, -0.15) is 0 Å². The van der Waals surface area contributed by atoms with Crippen molar-refractivity contribution >= 4 is 29.3 Å². The van der Waals surface area contributed by atoms with Gasteiger partial charge in [-0.3, -0.25) is 4.79 Å². The van der Waals surface area contributed by atoms with E-state index >= 15 is 0 Å². The minimum absolute atomic E-state index is 0.0842. The Balaban J connectivity index is 1.27. The number of carbonyl (C=O) groups excluding carboxylic acids is 2. The molecular formula is C23H24N6O2. The van der Waals surface area contributed by atoms with Crippen molar-refractivity contribution in [3.63, 3.8) is 0 Å². The van der Waals surface area contributed by atoms with Crippen LogP contribution in [0, 0.1) is 0 Å². The second kappa shape index (κ2) is 9.71. The van der Waals surface area contributed by atoms with Gasteiger partial charge in [0.05, 0.1) is 0 Å². The van der Waals surface area contributed by atoms with Crippen LogP contribution in [0.4, 0.5) is 22.1 Å². The van der Waals surface area contributed by atoms with Crippen molar-refractivity contribution in [2.75, 3.05) is 28.6 Å². The number of benzene rings is 2. The highest BCUT2D eigenvalue weighted by atomic mass is 16.2. The van der Waals surface area contributed by atoms with Crippen LogP contribution in [0.2, 0.25) is 0 Å². The Kier molecular flexibility index (Phi) is 6.37. The minimum Gasteiger partial charge on any atom is -0.341 e. The van der Waals surface area contributed by atoms with Gasteiger partial charge >= 0.3 is 6.03 Å². The summed E-state index contributed by atoms with van der Waals surface area (Å²) in [6.45, 7) is 1.58. The van der Waals surface area contributed by atoms with E-state index in [1.165, 1.54) is 0 Å². The van der Waals surface area contributed by atoms with Gasteiger partial charge in [-0.1, -0.05) is 24.3 Å². The molecule has 0 spiro atoms. The highest BCUT2D eigenvalue weighted by molar-refractivity contribution is 6.04. The molecule has 1 saturated heterocycles. The Bertz CT molecular complexity index is 1020. The molecule has 8 heteroatoms. The molecule has 31 heavy (non-hydrogen) atoms. The number of hydrogen-bond acceptors (Lipinski definition) is 5. The summed E-state index contributed by atoms with van der Waals surface area (Å²) in [6, 6.07) is 17.7. The number of nitrogens with zero attached hydrogens (tertiary/aromatic N) is 3. The number of urea groups is 1. The largest absolute Gasteiger partial charge is 0.341 e. The van der Waals surface area contributed by atoms with Crippen molar-refractivity contribution in [1.29, 1.82) is 0 Å². The molecule has 8 nitrogen and oxygen atoms in total. The van der Waals surface area contributed by atoms with E-state index in [0.717, 1.165) is 31.9 Å². The smallest absolute Gasteiger partial charge is 0.319 e. The number of anilines is 3. The van der Waals surface area contributed by atoms with E-state index < -0.39 is 0 Å². The van der Waals surface area contributed by atoms with Gasteiger partial charge in [0.1, 0.15) is 0 Å². The SMILES string of the molecule is O=C(Nc1cccc(NC(=O)c2ccccc2)c1)NC1CCN(c2ncccn2)CC1. The normalized spacial score (nSPS) is 14.0. The van der Waals surface area contributed by atoms with Crippen molar-refractivity contribution in [3.05, 3.63) is 78.6 Å². The number of piperidine rings is 1. The maximum Gasteiger partial charge on any atom is 0.319 e. The second-order valence-corrected chi connectivity index (χ2v) is 7.31. The Morgan fingerprint density at radius 1 is 0.839 bits per heavy atom. The molecule has 1 aliphatic rings. The van der Waals surface area contributed by atoms with E-state index in [1.54, 1.807) is 54.9 Å². The third-order valence-electron chi connectivity index (χ3n) is 5.08. The molecule has 0 unspecified atom stereocenters. The van der Waals surface area contributed by atoms with Gasteiger partial charge in [0, 0.05) is 48.5 Å². The lowest BCUT2D eigenvalue weighted by Gasteiger charge is -2.32. The predicted octanol–water partition coefficient (Wildman–Crippen LogP) is 3.52. The summed E-state index contributed by atoms with van der Waals surface area (Å²) in [7, 11) is 0. The summed E-state index contributed by atoms with van der Waals surface area (Å²) in [5, 5.41) is 8.71. The van der Waals surface area contributed by atoms with Gasteiger partial charge in [0.2, 0.25) is 5.95 Å². The molecule has 1 aromatic heterocycles. The summed E-state index contributed by atoms with van der Waals surface area (Å²) in [4.78, 5) is 35.4. The Morgan fingerprint density at radius 2 is 1.52 bits per heavy atom. The van der Waals surface area contributed by atoms with Crippen LogP contribution < -0.4 is 20.9 Å². The molecule has 0 atom stereocenters. The van der Waals surface area contributed by atoms with E-state index in [1.807, 2.05) is 18.2 Å². The summed E-state index contributed by atoms with van der Waals surface area (Å²) in [6.07, 6.45) is 5.10. The fourth-order valence-corrected chi connectivity index (χ4v) is 3.50. The highest BCUT2D eigenvalue weighted by Gasteiger charge is 2.22. The third kappa shape index (κ3) is 5.57. The van der Waals surface area contributed by atoms with E-state index in [0.29, 0.717) is 16.9 Å². The number of amides is 3. The molecule has 3 aromatic rings. The topological polar surface area (TPSA) is 99.2 Å². The summed E-state index contributed by atoms with van der Waals surface area (Å²) in [5.41, 5.74) is 1.80. The Hall–Kier alpha value is -3.94. The molecule has 0 radical (unpaired) electrons. The zero-order valence-electron chi connectivity index (χ0n) is 17.0. The maximum absolute atomic E-state index is 12.4. The van der Waals surface area contributed by atoms with Gasteiger partial charge in [-0.15, -0.1) is 0 Å². The zero-order chi connectivity index (χ0) is 21.5. The zero-order valence-corrected chi connectivity index (χ0v) is 17.0. The van der Waals surface area contributed by atoms with Crippen molar-refractivity contribution in [2.24, 2.45) is 0 Å². The molecule has 0 saturated carbocycles. The van der Waals surface area contributed by atoms with Gasteiger partial charge in [-0.25, -0.2) is 14.8 Å². The number of carbonyl (C=O) groups is 2. The molecule has 4 rings (SSSR count). The molecule has 158 valence electrons. The van der Waals surface area contributed by atoms with Gasteiger partial charge in [0.25, 0.3) is 5.91 Å². The van der Waals surface area contributed by atoms with Crippen LogP contribution in [0.1, 0.15) is 23.2 Å². The first-order valence-electron chi connectivity index (χ1n) is 10.2. The number of hydrogen-bond donors (Lipinski definition) is 3. The van der Waals surface area contributed by atoms with Gasteiger partial charge < -0.3 is 20.9 Å². The fourth-order valence-electron chi connectivity index (χ4n) is 3.50. The van der Waals surface area contributed by atoms with Crippen molar-refractivity contribution < 1.29 is 9.59 Å². The monoisotopic (exact) mass is 416 g/mol. The number of nitrogens with one attached hydrogen (secondary N) is 3. The Morgan fingerprint density at radius 3 is 2.23 bits per heavy atom. The quantitative estimate of drug-likeness (QED) is 0.591. The molecule has 0 aliphatic carbocycles. The first kappa shape index (κ1) is 20.3. The highest BCUT2D eigenvalue weighted by Crippen LogP contribution is 2.18. The van der Waals surface area contributed by atoms with Crippen molar-refractivity contribution in [3.8, 4) is 0 Å². The lowest BCUT2D eigenvalue weighted by atomic mass is 10.1. The van der Waals surface area contributed by atoms with Gasteiger partial charge in [0.15, 0.2) is 0 Å². The molecular weight excluding hydrogens is 392 g/mol. The van der Waals surface area contributed by atoms with E-state index in [9.17, 15) is 9.59 Å². The molecule has 2 aromatic carbocycles.